The molecule has 0 radical (unpaired) electrons. The molecule has 1 unspecified atom stereocenters. The van der Waals surface area contributed by atoms with E-state index in [1.165, 1.54) is 36.6 Å². The van der Waals surface area contributed by atoms with Crippen molar-refractivity contribution in [3.05, 3.63) is 45.7 Å². The number of benzene rings is 1. The lowest BCUT2D eigenvalue weighted by molar-refractivity contribution is 0.0935. The van der Waals surface area contributed by atoms with Gasteiger partial charge in [-0.3, -0.25) is 4.79 Å². The van der Waals surface area contributed by atoms with Crippen LogP contribution in [0.15, 0.2) is 23.6 Å². The first-order valence-electron chi connectivity index (χ1n) is 6.84. The summed E-state index contributed by atoms with van der Waals surface area (Å²) in [7, 11) is 1.50. The summed E-state index contributed by atoms with van der Waals surface area (Å²) in [5.41, 5.74) is 6.39. The van der Waals surface area contributed by atoms with Crippen molar-refractivity contribution in [2.24, 2.45) is 5.73 Å². The van der Waals surface area contributed by atoms with Crippen LogP contribution in [0.25, 0.3) is 0 Å². The molecule has 5 nitrogen and oxygen atoms in total. The van der Waals surface area contributed by atoms with Gasteiger partial charge in [0.15, 0.2) is 0 Å². The number of hydrogen-bond acceptors (Lipinski definition) is 5. The molecule has 2 aromatic rings. The maximum atomic E-state index is 13.4. The Labute approximate surface area is 132 Å². The van der Waals surface area contributed by atoms with Gasteiger partial charge >= 0.3 is 0 Å². The first kappa shape index (κ1) is 16.4. The zero-order chi connectivity index (χ0) is 16.1. The van der Waals surface area contributed by atoms with Gasteiger partial charge in [-0.15, -0.1) is 11.3 Å². The van der Waals surface area contributed by atoms with Crippen LogP contribution in [-0.4, -0.2) is 24.5 Å². The molecule has 0 saturated carbocycles. The molecule has 0 aliphatic heterocycles. The van der Waals surface area contributed by atoms with Crippen molar-refractivity contribution in [3.63, 3.8) is 0 Å². The maximum absolute atomic E-state index is 13.4. The summed E-state index contributed by atoms with van der Waals surface area (Å²) in [4.78, 5) is 16.4. The second-order valence-corrected chi connectivity index (χ2v) is 5.69. The fraction of sp³-hybridized carbons (Fsp3) is 0.333. The Morgan fingerprint density at radius 1 is 1.55 bits per heavy atom. The highest BCUT2D eigenvalue weighted by Gasteiger charge is 2.17. The van der Waals surface area contributed by atoms with Gasteiger partial charge in [-0.05, 0) is 31.7 Å². The van der Waals surface area contributed by atoms with Gasteiger partial charge < -0.3 is 15.8 Å². The van der Waals surface area contributed by atoms with Crippen LogP contribution in [0.5, 0.6) is 5.75 Å². The maximum Gasteiger partial charge on any atom is 0.271 e. The number of nitrogens with one attached hydrogen (secondary N) is 1. The number of thiazole rings is 1. The molecular formula is C15H18FN3O2S. The quantitative estimate of drug-likeness (QED) is 0.855. The van der Waals surface area contributed by atoms with Crippen LogP contribution < -0.4 is 15.8 Å². The number of nitrogens with two attached hydrogens (primary N) is 1. The van der Waals surface area contributed by atoms with Crippen LogP contribution in [0, 0.1) is 5.82 Å². The topological polar surface area (TPSA) is 77.2 Å². The van der Waals surface area contributed by atoms with Gasteiger partial charge in [0, 0.05) is 17.4 Å². The number of carbonyl (C=O) groups is 1. The van der Waals surface area contributed by atoms with Crippen LogP contribution >= 0.6 is 11.3 Å². The van der Waals surface area contributed by atoms with E-state index in [1.807, 2.05) is 0 Å². The first-order valence-corrected chi connectivity index (χ1v) is 7.72. The minimum atomic E-state index is -0.405. The van der Waals surface area contributed by atoms with Gasteiger partial charge in [0.25, 0.3) is 5.91 Å². The van der Waals surface area contributed by atoms with Gasteiger partial charge in [-0.2, -0.15) is 0 Å². The van der Waals surface area contributed by atoms with Crippen molar-refractivity contribution >= 4 is 17.2 Å². The minimum Gasteiger partial charge on any atom is -0.496 e. The van der Waals surface area contributed by atoms with E-state index in [4.69, 9.17) is 10.5 Å². The normalized spacial score (nSPS) is 12.0. The fourth-order valence-electron chi connectivity index (χ4n) is 2.05. The van der Waals surface area contributed by atoms with Gasteiger partial charge in [0.2, 0.25) is 0 Å². The SMILES string of the molecule is COc1ccc(F)cc1C(C)NC(=O)c1csc(CCN)n1. The Kier molecular flexibility index (Phi) is 5.46. The third-order valence-electron chi connectivity index (χ3n) is 3.15. The zero-order valence-corrected chi connectivity index (χ0v) is 13.2. The second-order valence-electron chi connectivity index (χ2n) is 4.75. The number of ether oxygens (including phenoxy) is 1. The molecule has 0 bridgehead atoms. The summed E-state index contributed by atoms with van der Waals surface area (Å²) in [6.45, 7) is 2.26. The monoisotopic (exact) mass is 323 g/mol. The number of aromatic nitrogens is 1. The van der Waals surface area contributed by atoms with E-state index in [1.54, 1.807) is 12.3 Å². The molecular weight excluding hydrogens is 305 g/mol. The van der Waals surface area contributed by atoms with Crippen LogP contribution in [0.1, 0.15) is 34.0 Å². The Balaban J connectivity index is 2.12. The average molecular weight is 323 g/mol. The highest BCUT2D eigenvalue weighted by atomic mass is 32.1. The third kappa shape index (κ3) is 3.80. The molecule has 1 heterocycles. The van der Waals surface area contributed by atoms with Crippen molar-refractivity contribution in [1.29, 1.82) is 0 Å². The molecule has 0 fully saturated rings. The van der Waals surface area contributed by atoms with E-state index >= 15 is 0 Å². The standard InChI is InChI=1S/C15H18FN3O2S/c1-9(11-7-10(16)3-4-13(11)21-2)18-15(20)12-8-22-14(19-12)5-6-17/h3-4,7-9H,5-6,17H2,1-2H3,(H,18,20). The summed E-state index contributed by atoms with van der Waals surface area (Å²) in [5.74, 6) is -0.162. The summed E-state index contributed by atoms with van der Waals surface area (Å²) in [6.07, 6.45) is 0.644. The average Bonchev–Trinajstić information content (AvgIpc) is 2.96. The van der Waals surface area contributed by atoms with Crippen LogP contribution in [0.4, 0.5) is 4.39 Å². The van der Waals surface area contributed by atoms with Crippen LogP contribution in [0.2, 0.25) is 0 Å². The highest BCUT2D eigenvalue weighted by Crippen LogP contribution is 2.26. The first-order chi connectivity index (χ1) is 10.5. The number of carbonyl (C=O) groups excluding carboxylic acids is 1. The van der Waals surface area contributed by atoms with Crippen molar-refractivity contribution in [2.75, 3.05) is 13.7 Å². The Hall–Kier alpha value is -1.99. The Morgan fingerprint density at radius 2 is 2.32 bits per heavy atom. The third-order valence-corrected chi connectivity index (χ3v) is 4.06. The number of methoxy groups -OCH3 is 1. The molecule has 2 rings (SSSR count). The van der Waals surface area contributed by atoms with E-state index in [0.717, 1.165) is 5.01 Å². The predicted octanol–water partition coefficient (Wildman–Crippen LogP) is 2.28. The lowest BCUT2D eigenvalue weighted by atomic mass is 10.1. The predicted molar refractivity (Wildman–Crippen MR) is 83.7 cm³/mol. The number of nitrogens with zero attached hydrogens (tertiary/aromatic N) is 1. The van der Waals surface area contributed by atoms with E-state index in [9.17, 15) is 9.18 Å². The number of amides is 1. The molecule has 118 valence electrons. The lowest BCUT2D eigenvalue weighted by Crippen LogP contribution is -2.27. The summed E-state index contributed by atoms with van der Waals surface area (Å²) < 4.78 is 18.6. The van der Waals surface area contributed by atoms with Crippen molar-refractivity contribution in [2.45, 2.75) is 19.4 Å². The highest BCUT2D eigenvalue weighted by molar-refractivity contribution is 7.09. The van der Waals surface area contributed by atoms with Gasteiger partial charge in [-0.1, -0.05) is 0 Å². The number of hydrogen-bond donors (Lipinski definition) is 2. The van der Waals surface area contributed by atoms with Crippen molar-refractivity contribution in [3.8, 4) is 5.75 Å². The van der Waals surface area contributed by atoms with Crippen molar-refractivity contribution < 1.29 is 13.9 Å². The van der Waals surface area contributed by atoms with E-state index in [0.29, 0.717) is 30.0 Å². The fourth-order valence-corrected chi connectivity index (χ4v) is 2.84. The largest absolute Gasteiger partial charge is 0.496 e. The van der Waals surface area contributed by atoms with Crippen LogP contribution in [-0.2, 0) is 6.42 Å². The Morgan fingerprint density at radius 3 is 3.00 bits per heavy atom. The van der Waals surface area contributed by atoms with Gasteiger partial charge in [-0.25, -0.2) is 9.37 Å². The summed E-state index contributed by atoms with van der Waals surface area (Å²) >= 11 is 1.40. The van der Waals surface area contributed by atoms with Gasteiger partial charge in [0.1, 0.15) is 17.3 Å². The minimum absolute atomic E-state index is 0.307. The van der Waals surface area contributed by atoms with E-state index in [2.05, 4.69) is 10.3 Å². The second kappa shape index (κ2) is 7.33. The Bertz CT molecular complexity index is 660. The molecule has 0 aliphatic carbocycles. The number of rotatable bonds is 6. The van der Waals surface area contributed by atoms with E-state index in [-0.39, 0.29) is 11.7 Å². The molecule has 1 amide bonds. The molecule has 0 spiro atoms. The number of halogens is 1. The smallest absolute Gasteiger partial charge is 0.271 e. The van der Waals surface area contributed by atoms with Gasteiger partial charge in [0.05, 0.1) is 18.2 Å². The molecule has 0 aliphatic rings. The molecule has 7 heteroatoms. The molecule has 1 atom stereocenters. The van der Waals surface area contributed by atoms with E-state index < -0.39 is 6.04 Å². The summed E-state index contributed by atoms with van der Waals surface area (Å²) in [5, 5.41) is 5.31. The summed E-state index contributed by atoms with van der Waals surface area (Å²) in [6, 6.07) is 3.80. The van der Waals surface area contributed by atoms with Crippen LogP contribution in [0.3, 0.4) is 0 Å². The molecule has 22 heavy (non-hydrogen) atoms. The lowest BCUT2D eigenvalue weighted by Gasteiger charge is -2.16. The van der Waals surface area contributed by atoms with Crippen molar-refractivity contribution in [1.82, 2.24) is 10.3 Å². The molecule has 1 aromatic heterocycles. The molecule has 1 aromatic carbocycles. The molecule has 0 saturated heterocycles. The molecule has 3 N–H and O–H groups in total. The zero-order valence-electron chi connectivity index (χ0n) is 12.4.